The van der Waals surface area contributed by atoms with E-state index in [1.54, 1.807) is 24.1 Å². The second kappa shape index (κ2) is 9.19. The van der Waals surface area contributed by atoms with Crippen LogP contribution in [0.3, 0.4) is 0 Å². The molecule has 0 fully saturated rings. The predicted molar refractivity (Wildman–Crippen MR) is 97.2 cm³/mol. The van der Waals surface area contributed by atoms with E-state index in [1.807, 2.05) is 32.3 Å². The van der Waals surface area contributed by atoms with Gasteiger partial charge in [-0.2, -0.15) is 5.10 Å². The van der Waals surface area contributed by atoms with Gasteiger partial charge in [-0.25, -0.2) is 4.79 Å². The largest absolute Gasteiger partial charge is 0.386 e. The SMILES string of the molecule is CN(C)[C@H](CNC(=O)NC[C@@H](O)c1cnn(C)c1)Cc1ccccc1. The zero-order chi connectivity index (χ0) is 18.2. The summed E-state index contributed by atoms with van der Waals surface area (Å²) in [5, 5.41) is 19.6. The van der Waals surface area contributed by atoms with E-state index in [0.717, 1.165) is 6.42 Å². The van der Waals surface area contributed by atoms with Crippen LogP contribution >= 0.6 is 0 Å². The first-order chi connectivity index (χ1) is 12.0. The van der Waals surface area contributed by atoms with Crippen LogP contribution in [0.2, 0.25) is 0 Å². The number of nitrogens with zero attached hydrogens (tertiary/aromatic N) is 3. The van der Waals surface area contributed by atoms with Gasteiger partial charge in [0.1, 0.15) is 0 Å². The number of aryl methyl sites for hydroxylation is 1. The number of rotatable bonds is 8. The first-order valence-corrected chi connectivity index (χ1v) is 8.34. The van der Waals surface area contributed by atoms with E-state index in [2.05, 4.69) is 32.8 Å². The van der Waals surface area contributed by atoms with E-state index >= 15 is 0 Å². The highest BCUT2D eigenvalue weighted by Crippen LogP contribution is 2.09. The molecule has 0 radical (unpaired) electrons. The number of carbonyl (C=O) groups excluding carboxylic acids is 1. The van der Waals surface area contributed by atoms with E-state index in [-0.39, 0.29) is 18.6 Å². The van der Waals surface area contributed by atoms with E-state index in [9.17, 15) is 9.90 Å². The molecule has 0 saturated heterocycles. The van der Waals surface area contributed by atoms with Gasteiger partial charge in [-0.15, -0.1) is 0 Å². The third-order valence-electron chi connectivity index (χ3n) is 4.11. The third-order valence-corrected chi connectivity index (χ3v) is 4.11. The molecule has 136 valence electrons. The molecule has 0 unspecified atom stereocenters. The van der Waals surface area contributed by atoms with Gasteiger partial charge in [0.05, 0.1) is 12.3 Å². The maximum Gasteiger partial charge on any atom is 0.314 e. The summed E-state index contributed by atoms with van der Waals surface area (Å²) in [5.41, 5.74) is 1.91. The lowest BCUT2D eigenvalue weighted by Crippen LogP contribution is -2.45. The summed E-state index contributed by atoms with van der Waals surface area (Å²) >= 11 is 0. The van der Waals surface area contributed by atoms with Gasteiger partial charge in [0.2, 0.25) is 0 Å². The number of hydrogen-bond donors (Lipinski definition) is 3. The second-order valence-electron chi connectivity index (χ2n) is 6.36. The van der Waals surface area contributed by atoms with Gasteiger partial charge in [0, 0.05) is 37.9 Å². The number of likely N-dealkylation sites (N-methyl/N-ethyl adjacent to an activating group) is 1. The molecule has 2 amide bonds. The lowest BCUT2D eigenvalue weighted by atomic mass is 10.1. The Morgan fingerprint density at radius 3 is 2.52 bits per heavy atom. The van der Waals surface area contributed by atoms with Gasteiger partial charge in [-0.1, -0.05) is 30.3 Å². The first-order valence-electron chi connectivity index (χ1n) is 8.34. The fraction of sp³-hybridized carbons (Fsp3) is 0.444. The molecule has 7 heteroatoms. The molecule has 2 aromatic rings. The van der Waals surface area contributed by atoms with Crippen molar-refractivity contribution in [1.29, 1.82) is 0 Å². The minimum atomic E-state index is -0.770. The summed E-state index contributed by atoms with van der Waals surface area (Å²) in [7, 11) is 5.78. The summed E-state index contributed by atoms with van der Waals surface area (Å²) in [4.78, 5) is 14.1. The Labute approximate surface area is 148 Å². The van der Waals surface area contributed by atoms with E-state index < -0.39 is 6.10 Å². The molecule has 7 nitrogen and oxygen atoms in total. The van der Waals surface area contributed by atoms with Crippen molar-refractivity contribution in [2.24, 2.45) is 7.05 Å². The van der Waals surface area contributed by atoms with Crippen molar-refractivity contribution < 1.29 is 9.90 Å². The molecule has 2 atom stereocenters. The van der Waals surface area contributed by atoms with Crippen LogP contribution < -0.4 is 10.6 Å². The van der Waals surface area contributed by atoms with Crippen LogP contribution in [0.4, 0.5) is 4.79 Å². The van der Waals surface area contributed by atoms with Crippen LogP contribution in [0.1, 0.15) is 17.2 Å². The van der Waals surface area contributed by atoms with Crippen LogP contribution in [-0.2, 0) is 13.5 Å². The van der Waals surface area contributed by atoms with Crippen LogP contribution in [0, 0.1) is 0 Å². The smallest absolute Gasteiger partial charge is 0.314 e. The minimum absolute atomic E-state index is 0.142. The van der Waals surface area contributed by atoms with Gasteiger partial charge < -0.3 is 20.6 Å². The average molecular weight is 345 g/mol. The van der Waals surface area contributed by atoms with Crippen LogP contribution in [-0.4, -0.2) is 59.0 Å². The highest BCUT2D eigenvalue weighted by Gasteiger charge is 2.15. The van der Waals surface area contributed by atoms with Crippen molar-refractivity contribution in [1.82, 2.24) is 25.3 Å². The monoisotopic (exact) mass is 345 g/mol. The highest BCUT2D eigenvalue weighted by atomic mass is 16.3. The van der Waals surface area contributed by atoms with Crippen molar-refractivity contribution in [3.8, 4) is 0 Å². The van der Waals surface area contributed by atoms with E-state index in [4.69, 9.17) is 0 Å². The van der Waals surface area contributed by atoms with Gasteiger partial charge >= 0.3 is 6.03 Å². The Bertz CT molecular complexity index is 656. The van der Waals surface area contributed by atoms with Crippen LogP contribution in [0.25, 0.3) is 0 Å². The zero-order valence-electron chi connectivity index (χ0n) is 15.0. The zero-order valence-corrected chi connectivity index (χ0v) is 15.0. The normalized spacial score (nSPS) is 13.5. The standard InChI is InChI=1S/C18H27N5O2/c1-22(2)16(9-14-7-5-4-6-8-14)11-19-18(25)20-12-17(24)15-10-21-23(3)13-15/h4-8,10,13,16-17,24H,9,11-12H2,1-3H3,(H2,19,20,25)/t16-,17+/m0/s1. The fourth-order valence-electron chi connectivity index (χ4n) is 2.52. The highest BCUT2D eigenvalue weighted by molar-refractivity contribution is 5.73. The summed E-state index contributed by atoms with van der Waals surface area (Å²) in [6, 6.07) is 10.1. The number of amides is 2. The summed E-state index contributed by atoms with van der Waals surface area (Å²) in [5.74, 6) is 0. The predicted octanol–water partition coefficient (Wildman–Crippen LogP) is 0.926. The van der Waals surface area contributed by atoms with Gasteiger partial charge in [-0.05, 0) is 26.1 Å². The lowest BCUT2D eigenvalue weighted by Gasteiger charge is -2.25. The Morgan fingerprint density at radius 1 is 1.24 bits per heavy atom. The quantitative estimate of drug-likeness (QED) is 0.665. The number of carbonyl (C=O) groups is 1. The number of aromatic nitrogens is 2. The molecule has 2 rings (SSSR count). The maximum absolute atomic E-state index is 12.0. The molecular weight excluding hydrogens is 318 g/mol. The molecule has 0 aliphatic heterocycles. The minimum Gasteiger partial charge on any atom is -0.386 e. The summed E-state index contributed by atoms with van der Waals surface area (Å²) in [6.07, 6.45) is 3.40. The van der Waals surface area contributed by atoms with Crippen molar-refractivity contribution in [2.75, 3.05) is 27.2 Å². The molecule has 0 aliphatic rings. The molecular formula is C18H27N5O2. The van der Waals surface area contributed by atoms with E-state index in [0.29, 0.717) is 12.1 Å². The number of hydrogen-bond acceptors (Lipinski definition) is 4. The van der Waals surface area contributed by atoms with Crippen molar-refractivity contribution in [3.05, 3.63) is 53.9 Å². The van der Waals surface area contributed by atoms with Crippen LogP contribution in [0.15, 0.2) is 42.7 Å². The molecule has 1 heterocycles. The van der Waals surface area contributed by atoms with Crippen LogP contribution in [0.5, 0.6) is 0 Å². The van der Waals surface area contributed by atoms with Gasteiger partial charge in [0.15, 0.2) is 0 Å². The molecule has 1 aromatic carbocycles. The molecule has 0 aliphatic carbocycles. The topological polar surface area (TPSA) is 82.4 Å². The molecule has 0 saturated carbocycles. The van der Waals surface area contributed by atoms with E-state index in [1.165, 1.54) is 5.56 Å². The second-order valence-corrected chi connectivity index (χ2v) is 6.36. The molecule has 0 bridgehead atoms. The Hall–Kier alpha value is -2.38. The number of nitrogens with one attached hydrogen (secondary N) is 2. The molecule has 1 aromatic heterocycles. The van der Waals surface area contributed by atoms with Crippen molar-refractivity contribution >= 4 is 6.03 Å². The number of aliphatic hydroxyl groups excluding tert-OH is 1. The number of urea groups is 1. The fourth-order valence-corrected chi connectivity index (χ4v) is 2.52. The molecule has 0 spiro atoms. The van der Waals surface area contributed by atoms with Gasteiger partial charge in [-0.3, -0.25) is 4.68 Å². The summed E-state index contributed by atoms with van der Waals surface area (Å²) in [6.45, 7) is 0.666. The Balaban J connectivity index is 1.76. The third kappa shape index (κ3) is 6.21. The molecule has 3 N–H and O–H groups in total. The number of benzene rings is 1. The lowest BCUT2D eigenvalue weighted by molar-refractivity contribution is 0.172. The number of aliphatic hydroxyl groups is 1. The first kappa shape index (κ1) is 19.0. The Kier molecular flexibility index (Phi) is 6.97. The summed E-state index contributed by atoms with van der Waals surface area (Å²) < 4.78 is 1.61. The van der Waals surface area contributed by atoms with Gasteiger partial charge in [0.25, 0.3) is 0 Å². The average Bonchev–Trinajstić information content (AvgIpc) is 3.03. The maximum atomic E-state index is 12.0. The van der Waals surface area contributed by atoms with Crippen molar-refractivity contribution in [3.63, 3.8) is 0 Å². The van der Waals surface area contributed by atoms with Crippen molar-refractivity contribution in [2.45, 2.75) is 18.6 Å². The Morgan fingerprint density at radius 2 is 1.92 bits per heavy atom. The molecule has 25 heavy (non-hydrogen) atoms.